The van der Waals surface area contributed by atoms with Crippen molar-refractivity contribution in [3.05, 3.63) is 70.8 Å². The first-order valence-electron chi connectivity index (χ1n) is 8.71. The molecule has 0 unspecified atom stereocenters. The fourth-order valence-corrected chi connectivity index (χ4v) is 3.92. The fraction of sp³-hybridized carbons (Fsp3) is 0. The molecule has 0 radical (unpaired) electrons. The molecule has 10 nitrogen and oxygen atoms in total. The fourth-order valence-electron chi connectivity index (χ4n) is 3.21. The normalized spacial score (nSPS) is 11.7. The number of fused-ring (bicyclic) bond motifs is 2. The molecule has 0 fully saturated rings. The molecule has 0 saturated carbocycles. The summed E-state index contributed by atoms with van der Waals surface area (Å²) in [5.41, 5.74) is -0.518. The number of phenols is 2. The minimum atomic E-state index is -4.80. The predicted octanol–water partition coefficient (Wildman–Crippen LogP) is 4.33. The first-order valence-corrected chi connectivity index (χ1v) is 10.1. The topological polar surface area (TPSA) is 163 Å². The van der Waals surface area contributed by atoms with Gasteiger partial charge in [-0.1, -0.05) is 30.3 Å². The number of nitrogens with zero attached hydrogens (tertiary/aromatic N) is 3. The molecule has 3 N–H and O–H groups in total. The Balaban J connectivity index is 0.00000289. The molecule has 12 heteroatoms. The maximum absolute atomic E-state index is 11.7. The molecular formula is C20H14N3NaO7S. The van der Waals surface area contributed by atoms with Gasteiger partial charge in [-0.2, -0.15) is 8.42 Å². The molecule has 0 aliphatic heterocycles. The van der Waals surface area contributed by atoms with Crippen LogP contribution in [0.3, 0.4) is 0 Å². The van der Waals surface area contributed by atoms with Crippen LogP contribution in [0.4, 0.5) is 17.1 Å². The predicted molar refractivity (Wildman–Crippen MR) is 119 cm³/mol. The number of aromatic hydroxyl groups is 2. The van der Waals surface area contributed by atoms with Crippen LogP contribution in [-0.4, -0.2) is 57.7 Å². The van der Waals surface area contributed by atoms with E-state index in [1.54, 1.807) is 24.3 Å². The van der Waals surface area contributed by atoms with Gasteiger partial charge in [0.2, 0.25) is 0 Å². The number of azo groups is 1. The third-order valence-electron chi connectivity index (χ3n) is 4.66. The van der Waals surface area contributed by atoms with E-state index < -0.39 is 31.4 Å². The number of nitro benzene ring substituents is 1. The van der Waals surface area contributed by atoms with Crippen molar-refractivity contribution in [1.29, 1.82) is 0 Å². The van der Waals surface area contributed by atoms with E-state index in [9.17, 15) is 33.3 Å². The molecule has 4 aromatic rings. The van der Waals surface area contributed by atoms with Crippen molar-refractivity contribution in [2.24, 2.45) is 10.2 Å². The van der Waals surface area contributed by atoms with Crippen molar-refractivity contribution in [2.45, 2.75) is 4.90 Å². The molecule has 4 rings (SSSR count). The van der Waals surface area contributed by atoms with E-state index in [1.807, 2.05) is 6.07 Å². The van der Waals surface area contributed by atoms with Gasteiger partial charge in [0.05, 0.1) is 4.92 Å². The van der Waals surface area contributed by atoms with Crippen molar-refractivity contribution in [2.75, 3.05) is 0 Å². The van der Waals surface area contributed by atoms with E-state index in [1.165, 1.54) is 12.1 Å². The van der Waals surface area contributed by atoms with Crippen LogP contribution in [0.2, 0.25) is 0 Å². The Morgan fingerprint density at radius 1 is 0.875 bits per heavy atom. The van der Waals surface area contributed by atoms with Crippen molar-refractivity contribution in [1.82, 2.24) is 0 Å². The Morgan fingerprint density at radius 2 is 1.59 bits per heavy atom. The summed E-state index contributed by atoms with van der Waals surface area (Å²) in [6.07, 6.45) is 0. The van der Waals surface area contributed by atoms with Gasteiger partial charge >= 0.3 is 29.6 Å². The van der Waals surface area contributed by atoms with Crippen LogP contribution >= 0.6 is 0 Å². The SMILES string of the molecule is O=[N+]([O-])c1ccc2c(/N=N/c3ccc4ccccc4c3O)c(O)cc(S(=O)(=O)O)c2c1.[NaH]. The van der Waals surface area contributed by atoms with Gasteiger partial charge < -0.3 is 10.2 Å². The first kappa shape index (κ1) is 23.6. The number of hydrogen-bond acceptors (Lipinski definition) is 8. The third-order valence-corrected chi connectivity index (χ3v) is 5.55. The molecule has 0 saturated heterocycles. The second-order valence-electron chi connectivity index (χ2n) is 6.56. The molecule has 0 bridgehead atoms. The summed E-state index contributed by atoms with van der Waals surface area (Å²) in [5.74, 6) is -0.770. The number of non-ortho nitro benzene ring substituents is 1. The molecule has 0 amide bonds. The number of phenolic OH excluding ortho intramolecular Hbond substituents is 2. The van der Waals surface area contributed by atoms with Gasteiger partial charge in [-0.05, 0) is 17.5 Å². The molecule has 0 atom stereocenters. The molecule has 4 aromatic carbocycles. The van der Waals surface area contributed by atoms with Crippen molar-refractivity contribution >= 4 is 78.3 Å². The van der Waals surface area contributed by atoms with Gasteiger partial charge in [-0.15, -0.1) is 10.2 Å². The summed E-state index contributed by atoms with van der Waals surface area (Å²) >= 11 is 0. The molecule has 0 aromatic heterocycles. The van der Waals surface area contributed by atoms with Gasteiger partial charge in [0, 0.05) is 34.4 Å². The number of rotatable bonds is 4. The van der Waals surface area contributed by atoms with Crippen LogP contribution in [0.15, 0.2) is 75.8 Å². The average Bonchev–Trinajstić information content (AvgIpc) is 2.73. The van der Waals surface area contributed by atoms with E-state index in [0.717, 1.165) is 23.6 Å². The maximum atomic E-state index is 11.7. The Labute approximate surface area is 203 Å². The van der Waals surface area contributed by atoms with Crippen LogP contribution in [0.1, 0.15) is 0 Å². The zero-order valence-corrected chi connectivity index (χ0v) is 16.3. The Hall–Kier alpha value is -3.09. The summed E-state index contributed by atoms with van der Waals surface area (Å²) in [5, 5.41) is 40.9. The van der Waals surface area contributed by atoms with Gasteiger partial charge in [-0.25, -0.2) is 0 Å². The van der Waals surface area contributed by atoms with Crippen LogP contribution in [0.5, 0.6) is 11.5 Å². The van der Waals surface area contributed by atoms with Crippen LogP contribution in [-0.2, 0) is 10.1 Å². The van der Waals surface area contributed by atoms with Crippen molar-refractivity contribution in [3.8, 4) is 11.5 Å². The Bertz CT molecular complexity index is 1520. The van der Waals surface area contributed by atoms with E-state index in [4.69, 9.17) is 0 Å². The minimum absolute atomic E-state index is 0. The van der Waals surface area contributed by atoms with E-state index in [-0.39, 0.29) is 57.5 Å². The van der Waals surface area contributed by atoms with Crippen LogP contribution < -0.4 is 0 Å². The first-order chi connectivity index (χ1) is 14.7. The summed E-state index contributed by atoms with van der Waals surface area (Å²) < 4.78 is 32.9. The van der Waals surface area contributed by atoms with Crippen LogP contribution in [0.25, 0.3) is 21.5 Å². The third kappa shape index (κ3) is 4.29. The van der Waals surface area contributed by atoms with Crippen LogP contribution in [0, 0.1) is 10.1 Å². The molecular weight excluding hydrogens is 449 g/mol. The van der Waals surface area contributed by atoms with Gasteiger partial charge in [0.15, 0.2) is 5.75 Å². The molecule has 0 heterocycles. The molecule has 158 valence electrons. The molecule has 32 heavy (non-hydrogen) atoms. The van der Waals surface area contributed by atoms with Gasteiger partial charge in [0.25, 0.3) is 15.8 Å². The number of benzene rings is 4. The Morgan fingerprint density at radius 3 is 2.28 bits per heavy atom. The summed E-state index contributed by atoms with van der Waals surface area (Å²) in [7, 11) is -4.80. The van der Waals surface area contributed by atoms with E-state index >= 15 is 0 Å². The monoisotopic (exact) mass is 463 g/mol. The second-order valence-corrected chi connectivity index (χ2v) is 7.95. The number of hydrogen-bond donors (Lipinski definition) is 3. The van der Waals surface area contributed by atoms with E-state index in [0.29, 0.717) is 5.39 Å². The van der Waals surface area contributed by atoms with Gasteiger partial charge in [0.1, 0.15) is 22.0 Å². The van der Waals surface area contributed by atoms with Crippen molar-refractivity contribution in [3.63, 3.8) is 0 Å². The summed E-state index contributed by atoms with van der Waals surface area (Å²) in [6, 6.07) is 14.2. The second kappa shape index (κ2) is 8.81. The zero-order chi connectivity index (χ0) is 22.3. The van der Waals surface area contributed by atoms with Crippen molar-refractivity contribution < 1.29 is 28.1 Å². The molecule has 0 aliphatic carbocycles. The quantitative estimate of drug-likeness (QED) is 0.133. The Kier molecular flexibility index (Phi) is 6.49. The molecule has 0 aliphatic rings. The standard InChI is InChI=1S/C20H13N3O7S.Na.H/c24-17-10-18(31(28,29)30)15-9-12(23(26)27)6-7-14(15)19(17)22-21-16-8-5-11-3-1-2-4-13(11)20(16)25;;/h1-10,24-25H,(H,28,29,30);;/b22-21+;;. The molecule has 0 spiro atoms. The zero-order valence-electron chi connectivity index (χ0n) is 15.5. The summed E-state index contributed by atoms with van der Waals surface area (Å²) in [4.78, 5) is 9.65. The summed E-state index contributed by atoms with van der Waals surface area (Å²) in [6.45, 7) is 0. The van der Waals surface area contributed by atoms with E-state index in [2.05, 4.69) is 10.2 Å². The number of nitro groups is 1. The average molecular weight is 463 g/mol. The van der Waals surface area contributed by atoms with Gasteiger partial charge in [-0.3, -0.25) is 14.7 Å².